The summed E-state index contributed by atoms with van der Waals surface area (Å²) in [5.41, 5.74) is 0. The van der Waals surface area contributed by atoms with Crippen LogP contribution in [-0.4, -0.2) is 49.4 Å². The average molecular weight is 401 g/mol. The van der Waals surface area contributed by atoms with Crippen molar-refractivity contribution in [2.24, 2.45) is 0 Å². The highest BCUT2D eigenvalue weighted by atomic mass is 127. The van der Waals surface area contributed by atoms with Gasteiger partial charge in [0.25, 0.3) is 0 Å². The Morgan fingerprint density at radius 3 is 2.43 bits per heavy atom. The van der Waals surface area contributed by atoms with Gasteiger partial charge >= 0.3 is 5.97 Å². The summed E-state index contributed by atoms with van der Waals surface area (Å²) in [6, 6.07) is 13.2. The number of benzene rings is 2. The van der Waals surface area contributed by atoms with Crippen molar-refractivity contribution in [3.8, 4) is 5.75 Å². The fourth-order valence-corrected chi connectivity index (χ4v) is 2.05. The lowest BCUT2D eigenvalue weighted by Crippen LogP contribution is -3.00. The van der Waals surface area contributed by atoms with Crippen LogP contribution in [0.3, 0.4) is 0 Å². The molecule has 0 aliphatic rings. The summed E-state index contributed by atoms with van der Waals surface area (Å²) < 4.78 is 5.83. The van der Waals surface area contributed by atoms with Gasteiger partial charge in [-0.2, -0.15) is 0 Å². The van der Waals surface area contributed by atoms with Gasteiger partial charge < -0.3 is 38.3 Å². The predicted molar refractivity (Wildman–Crippen MR) is 78.5 cm³/mol. The molecular formula is C16H20INO3. The third-order valence-electron chi connectivity index (χ3n) is 2.95. The van der Waals surface area contributed by atoms with Crippen LogP contribution in [-0.2, 0) is 4.79 Å². The number of ether oxygens (including phenoxy) is 1. The van der Waals surface area contributed by atoms with Crippen molar-refractivity contribution in [3.05, 3.63) is 42.5 Å². The van der Waals surface area contributed by atoms with Gasteiger partial charge in [-0.1, -0.05) is 36.4 Å². The monoisotopic (exact) mass is 401 g/mol. The normalized spacial score (nSPS) is 12.6. The number of carbonyl (C=O) groups excluding carboxylic acids is 1. The van der Waals surface area contributed by atoms with E-state index in [9.17, 15) is 9.90 Å². The number of nitrogens with zero attached hydrogens (tertiary/aromatic N) is 1. The van der Waals surface area contributed by atoms with Crippen molar-refractivity contribution in [2.45, 2.75) is 6.10 Å². The Bertz CT molecular complexity index is 617. The Hall–Kier alpha value is -1.18. The Labute approximate surface area is 141 Å². The first-order valence-electron chi connectivity index (χ1n) is 6.55. The van der Waals surface area contributed by atoms with E-state index in [0.717, 1.165) is 10.8 Å². The molecule has 0 bridgehead atoms. The summed E-state index contributed by atoms with van der Waals surface area (Å²) in [5.74, 6) is -0.136. The number of halogens is 1. The molecule has 0 fully saturated rings. The smallest absolute Gasteiger partial charge is 0.346 e. The fourth-order valence-electron chi connectivity index (χ4n) is 2.05. The Morgan fingerprint density at radius 1 is 1.14 bits per heavy atom. The molecule has 1 unspecified atom stereocenters. The van der Waals surface area contributed by atoms with Gasteiger partial charge in [0.15, 0.2) is 0 Å². The topological polar surface area (TPSA) is 46.5 Å². The van der Waals surface area contributed by atoms with Crippen molar-refractivity contribution in [2.75, 3.05) is 27.7 Å². The van der Waals surface area contributed by atoms with Gasteiger partial charge in [0, 0.05) is 5.39 Å². The number of hydrogen-bond acceptors (Lipinski definition) is 3. The fraction of sp³-hybridized carbons (Fsp3) is 0.312. The third kappa shape index (κ3) is 4.94. The standard InChI is InChI=1S/C16H20NO3.HI/c1-17(2,3)11-14(18)16(19)20-15-10-6-8-12-7-4-5-9-13(12)15;/h4-10,14,18H,11H2,1-3H3;1H/q+1;/p-1. The molecular weight excluding hydrogens is 381 g/mol. The molecule has 0 radical (unpaired) electrons. The summed E-state index contributed by atoms with van der Waals surface area (Å²) in [4.78, 5) is 12.0. The van der Waals surface area contributed by atoms with E-state index in [0.29, 0.717) is 16.8 Å². The molecule has 0 aromatic heterocycles. The Kier molecular flexibility index (Phi) is 6.12. The third-order valence-corrected chi connectivity index (χ3v) is 2.95. The molecule has 4 nitrogen and oxygen atoms in total. The number of rotatable bonds is 4. The van der Waals surface area contributed by atoms with Crippen molar-refractivity contribution in [3.63, 3.8) is 0 Å². The minimum absolute atomic E-state index is 0. The number of aliphatic hydroxyl groups excluding tert-OH is 1. The molecule has 5 heteroatoms. The van der Waals surface area contributed by atoms with E-state index in [2.05, 4.69) is 0 Å². The highest BCUT2D eigenvalue weighted by molar-refractivity contribution is 5.90. The largest absolute Gasteiger partial charge is 1.00 e. The Balaban J connectivity index is 0.00000220. The first kappa shape index (κ1) is 17.9. The predicted octanol–water partition coefficient (Wildman–Crippen LogP) is -1.18. The lowest BCUT2D eigenvalue weighted by molar-refractivity contribution is -0.872. The molecule has 0 saturated carbocycles. The zero-order chi connectivity index (χ0) is 14.8. The van der Waals surface area contributed by atoms with E-state index in [4.69, 9.17) is 4.74 Å². The Morgan fingerprint density at radius 2 is 1.76 bits per heavy atom. The summed E-state index contributed by atoms with van der Waals surface area (Å²) in [5, 5.41) is 11.8. The van der Waals surface area contributed by atoms with Crippen LogP contribution in [0.5, 0.6) is 5.75 Å². The molecule has 21 heavy (non-hydrogen) atoms. The van der Waals surface area contributed by atoms with Crippen LogP contribution in [0.1, 0.15) is 0 Å². The van der Waals surface area contributed by atoms with Crippen LogP contribution in [0.2, 0.25) is 0 Å². The maximum absolute atomic E-state index is 12.0. The summed E-state index contributed by atoms with van der Waals surface area (Å²) in [6.45, 7) is 0.309. The van der Waals surface area contributed by atoms with Gasteiger partial charge in [0.1, 0.15) is 12.3 Å². The molecule has 0 amide bonds. The summed E-state index contributed by atoms with van der Waals surface area (Å²) in [7, 11) is 5.73. The first-order valence-corrected chi connectivity index (χ1v) is 6.55. The SMILES string of the molecule is C[N+](C)(C)CC(O)C(=O)Oc1cccc2ccccc12.[I-]. The highest BCUT2D eigenvalue weighted by Crippen LogP contribution is 2.25. The lowest BCUT2D eigenvalue weighted by Gasteiger charge is -2.25. The molecule has 1 N–H and O–H groups in total. The number of hydrogen-bond donors (Lipinski definition) is 1. The van der Waals surface area contributed by atoms with Gasteiger partial charge in [0.2, 0.25) is 6.10 Å². The van der Waals surface area contributed by atoms with Crippen LogP contribution >= 0.6 is 0 Å². The van der Waals surface area contributed by atoms with Gasteiger partial charge in [-0.15, -0.1) is 0 Å². The highest BCUT2D eigenvalue weighted by Gasteiger charge is 2.25. The van der Waals surface area contributed by atoms with Gasteiger partial charge in [-0.25, -0.2) is 4.79 Å². The minimum atomic E-state index is -1.13. The maximum atomic E-state index is 12.0. The minimum Gasteiger partial charge on any atom is -1.00 e. The number of esters is 1. The molecule has 0 aliphatic carbocycles. The molecule has 0 aliphatic heterocycles. The van der Waals surface area contributed by atoms with E-state index in [1.165, 1.54) is 0 Å². The average Bonchev–Trinajstić information content (AvgIpc) is 2.37. The molecule has 1 atom stereocenters. The van der Waals surface area contributed by atoms with Crippen LogP contribution in [0.25, 0.3) is 10.8 Å². The van der Waals surface area contributed by atoms with Crippen LogP contribution < -0.4 is 28.7 Å². The molecule has 0 saturated heterocycles. The second-order valence-corrected chi connectivity index (χ2v) is 5.89. The van der Waals surface area contributed by atoms with Gasteiger partial charge in [0.05, 0.1) is 21.1 Å². The van der Waals surface area contributed by atoms with E-state index < -0.39 is 12.1 Å². The summed E-state index contributed by atoms with van der Waals surface area (Å²) >= 11 is 0. The molecule has 2 aromatic rings. The van der Waals surface area contributed by atoms with E-state index in [1.807, 2.05) is 57.5 Å². The number of likely N-dealkylation sites (N-methyl/N-ethyl adjacent to an activating group) is 1. The van der Waals surface area contributed by atoms with E-state index in [-0.39, 0.29) is 24.0 Å². The van der Waals surface area contributed by atoms with Crippen LogP contribution in [0.4, 0.5) is 0 Å². The second kappa shape index (κ2) is 7.20. The molecule has 114 valence electrons. The quantitative estimate of drug-likeness (QED) is 0.304. The molecule has 0 spiro atoms. The number of fused-ring (bicyclic) bond motifs is 1. The zero-order valence-corrected chi connectivity index (χ0v) is 14.6. The van der Waals surface area contributed by atoms with Crippen LogP contribution in [0.15, 0.2) is 42.5 Å². The van der Waals surface area contributed by atoms with E-state index >= 15 is 0 Å². The number of quaternary nitrogens is 1. The van der Waals surface area contributed by atoms with E-state index in [1.54, 1.807) is 6.07 Å². The number of carbonyl (C=O) groups is 1. The first-order chi connectivity index (χ1) is 9.37. The number of aliphatic hydroxyl groups is 1. The zero-order valence-electron chi connectivity index (χ0n) is 12.4. The van der Waals surface area contributed by atoms with Crippen LogP contribution in [0, 0.1) is 0 Å². The van der Waals surface area contributed by atoms with Crippen molar-refractivity contribution in [1.82, 2.24) is 0 Å². The van der Waals surface area contributed by atoms with Crippen molar-refractivity contribution < 1.29 is 43.1 Å². The van der Waals surface area contributed by atoms with Crippen molar-refractivity contribution >= 4 is 16.7 Å². The molecule has 2 rings (SSSR count). The molecule has 2 aromatic carbocycles. The lowest BCUT2D eigenvalue weighted by atomic mass is 10.1. The van der Waals surface area contributed by atoms with Gasteiger partial charge in [-0.05, 0) is 11.5 Å². The second-order valence-electron chi connectivity index (χ2n) is 5.89. The van der Waals surface area contributed by atoms with Gasteiger partial charge in [-0.3, -0.25) is 0 Å². The molecule has 0 heterocycles. The van der Waals surface area contributed by atoms with Crippen molar-refractivity contribution in [1.29, 1.82) is 0 Å². The maximum Gasteiger partial charge on any atom is 0.346 e. The summed E-state index contributed by atoms with van der Waals surface area (Å²) in [6.07, 6.45) is -1.13.